The number of allylic oxidation sites excluding steroid dienone is 5. The first kappa shape index (κ1) is 20.5. The largest absolute Gasteiger partial charge is 0.497 e. The van der Waals surface area contributed by atoms with E-state index in [0.717, 1.165) is 23.1 Å². The molecule has 0 aliphatic heterocycles. The standard InChI is InChI=1S/C22H27BrO3/c1-5-6-18-13-20(21(24)22(18,3)12-11-16(2)14-23)26-15-17-7-9-19(25-4)10-8-17/h5,7-11,13,18H,1,6,12,14-15H2,2-4H3/b16-11+/t18-,22+/m1/s1. The summed E-state index contributed by atoms with van der Waals surface area (Å²) >= 11 is 3.46. The van der Waals surface area contributed by atoms with E-state index in [0.29, 0.717) is 18.8 Å². The summed E-state index contributed by atoms with van der Waals surface area (Å²) in [5, 5.41) is 0.817. The van der Waals surface area contributed by atoms with Gasteiger partial charge in [-0.05, 0) is 49.5 Å². The lowest BCUT2D eigenvalue weighted by molar-refractivity contribution is -0.127. The Balaban J connectivity index is 2.11. The zero-order valence-electron chi connectivity index (χ0n) is 15.8. The summed E-state index contributed by atoms with van der Waals surface area (Å²) in [6.07, 6.45) is 7.46. The summed E-state index contributed by atoms with van der Waals surface area (Å²) in [5.41, 5.74) is 1.75. The first-order valence-electron chi connectivity index (χ1n) is 8.79. The van der Waals surface area contributed by atoms with Gasteiger partial charge in [-0.1, -0.05) is 52.7 Å². The van der Waals surface area contributed by atoms with Crippen molar-refractivity contribution in [2.24, 2.45) is 11.3 Å². The second-order valence-corrected chi connectivity index (χ2v) is 7.49. The Kier molecular flexibility index (Phi) is 7.27. The lowest BCUT2D eigenvalue weighted by atomic mass is 9.73. The van der Waals surface area contributed by atoms with Crippen LogP contribution in [0, 0.1) is 11.3 Å². The Labute approximate surface area is 164 Å². The molecule has 4 heteroatoms. The van der Waals surface area contributed by atoms with Crippen molar-refractivity contribution in [2.75, 3.05) is 12.4 Å². The molecule has 1 aromatic carbocycles. The number of hydrogen-bond acceptors (Lipinski definition) is 3. The van der Waals surface area contributed by atoms with Crippen molar-refractivity contribution in [1.82, 2.24) is 0 Å². The van der Waals surface area contributed by atoms with Gasteiger partial charge in [0.15, 0.2) is 5.76 Å². The van der Waals surface area contributed by atoms with E-state index >= 15 is 0 Å². The highest BCUT2D eigenvalue weighted by molar-refractivity contribution is 9.09. The molecule has 0 N–H and O–H groups in total. The Morgan fingerprint density at radius 2 is 2.04 bits per heavy atom. The van der Waals surface area contributed by atoms with Crippen LogP contribution in [-0.4, -0.2) is 18.2 Å². The molecule has 3 nitrogen and oxygen atoms in total. The average Bonchev–Trinajstić information content (AvgIpc) is 2.90. The Hall–Kier alpha value is -1.81. The lowest BCUT2D eigenvalue weighted by Crippen LogP contribution is -2.30. The smallest absolute Gasteiger partial charge is 0.203 e. The number of benzene rings is 1. The minimum absolute atomic E-state index is 0.0801. The first-order valence-corrected chi connectivity index (χ1v) is 9.91. The van der Waals surface area contributed by atoms with Gasteiger partial charge in [-0.3, -0.25) is 4.79 Å². The van der Waals surface area contributed by atoms with Crippen LogP contribution in [-0.2, 0) is 16.1 Å². The van der Waals surface area contributed by atoms with Gasteiger partial charge in [0.2, 0.25) is 5.78 Å². The molecule has 0 heterocycles. The molecule has 0 saturated carbocycles. The molecule has 26 heavy (non-hydrogen) atoms. The third-order valence-corrected chi connectivity index (χ3v) is 5.86. The van der Waals surface area contributed by atoms with E-state index in [1.54, 1.807) is 7.11 Å². The zero-order valence-corrected chi connectivity index (χ0v) is 17.3. The van der Waals surface area contributed by atoms with E-state index in [2.05, 4.69) is 35.5 Å². The molecule has 2 atom stereocenters. The van der Waals surface area contributed by atoms with Crippen LogP contribution in [0.2, 0.25) is 0 Å². The lowest BCUT2D eigenvalue weighted by Gasteiger charge is -2.28. The Morgan fingerprint density at radius 3 is 2.62 bits per heavy atom. The molecule has 0 spiro atoms. The monoisotopic (exact) mass is 418 g/mol. The van der Waals surface area contributed by atoms with Crippen LogP contribution in [0.15, 0.2) is 60.4 Å². The number of methoxy groups -OCH3 is 1. The Bertz CT molecular complexity index is 703. The highest BCUT2D eigenvalue weighted by atomic mass is 79.9. The fourth-order valence-corrected chi connectivity index (χ4v) is 3.31. The van der Waals surface area contributed by atoms with Crippen LogP contribution < -0.4 is 4.74 Å². The number of ketones is 1. The van der Waals surface area contributed by atoms with Crippen molar-refractivity contribution in [3.8, 4) is 5.75 Å². The summed E-state index contributed by atoms with van der Waals surface area (Å²) in [4.78, 5) is 13.0. The topological polar surface area (TPSA) is 35.5 Å². The molecular formula is C22H27BrO3. The second kappa shape index (κ2) is 9.22. The van der Waals surface area contributed by atoms with Gasteiger partial charge in [0.1, 0.15) is 12.4 Å². The molecule has 0 aromatic heterocycles. The summed E-state index contributed by atoms with van der Waals surface area (Å²) in [5.74, 6) is 1.46. The summed E-state index contributed by atoms with van der Waals surface area (Å²) in [6.45, 7) is 8.31. The normalized spacial score (nSPS) is 22.9. The molecule has 0 bridgehead atoms. The van der Waals surface area contributed by atoms with E-state index in [1.807, 2.05) is 43.3 Å². The van der Waals surface area contributed by atoms with E-state index < -0.39 is 5.41 Å². The molecule has 1 aliphatic carbocycles. The van der Waals surface area contributed by atoms with Crippen LogP contribution in [0.1, 0.15) is 32.3 Å². The van der Waals surface area contributed by atoms with Crippen LogP contribution in [0.4, 0.5) is 0 Å². The van der Waals surface area contributed by atoms with E-state index in [-0.39, 0.29) is 11.7 Å². The van der Waals surface area contributed by atoms with Crippen molar-refractivity contribution >= 4 is 21.7 Å². The number of halogens is 1. The van der Waals surface area contributed by atoms with Gasteiger partial charge in [0.25, 0.3) is 0 Å². The molecule has 0 saturated heterocycles. The molecule has 140 valence electrons. The van der Waals surface area contributed by atoms with E-state index in [4.69, 9.17) is 9.47 Å². The minimum atomic E-state index is -0.479. The second-order valence-electron chi connectivity index (χ2n) is 6.93. The van der Waals surface area contributed by atoms with Gasteiger partial charge >= 0.3 is 0 Å². The van der Waals surface area contributed by atoms with Gasteiger partial charge in [-0.15, -0.1) is 6.58 Å². The molecule has 0 amide bonds. The van der Waals surface area contributed by atoms with Gasteiger partial charge in [0, 0.05) is 10.7 Å². The van der Waals surface area contributed by atoms with Gasteiger partial charge in [0.05, 0.1) is 7.11 Å². The average molecular weight is 419 g/mol. The van der Waals surface area contributed by atoms with Crippen molar-refractivity contribution < 1.29 is 14.3 Å². The van der Waals surface area contributed by atoms with Crippen LogP contribution in [0.3, 0.4) is 0 Å². The SMILES string of the molecule is C=CC[C@@H]1C=C(OCc2ccc(OC)cc2)C(=O)[C@@]1(C)C/C=C(\C)CBr. The summed E-state index contributed by atoms with van der Waals surface area (Å²) < 4.78 is 11.0. The number of Topliss-reactive ketones (excluding diaryl/α,β-unsaturated/α-hetero) is 1. The maximum Gasteiger partial charge on any atom is 0.203 e. The third kappa shape index (κ3) is 4.67. The zero-order chi connectivity index (χ0) is 19.2. The Morgan fingerprint density at radius 1 is 1.35 bits per heavy atom. The number of carbonyl (C=O) groups is 1. The number of hydrogen-bond donors (Lipinski definition) is 0. The highest BCUT2D eigenvalue weighted by Gasteiger charge is 2.46. The maximum atomic E-state index is 13.0. The van der Waals surface area contributed by atoms with Crippen molar-refractivity contribution in [1.29, 1.82) is 0 Å². The van der Waals surface area contributed by atoms with Gasteiger partial charge < -0.3 is 9.47 Å². The number of alkyl halides is 1. The fourth-order valence-electron chi connectivity index (χ4n) is 3.08. The highest BCUT2D eigenvalue weighted by Crippen LogP contribution is 2.44. The molecule has 0 radical (unpaired) electrons. The molecule has 0 unspecified atom stereocenters. The van der Waals surface area contributed by atoms with Crippen molar-refractivity contribution in [2.45, 2.75) is 33.3 Å². The molecular weight excluding hydrogens is 392 g/mol. The van der Waals surface area contributed by atoms with Crippen molar-refractivity contribution in [3.63, 3.8) is 0 Å². The predicted molar refractivity (Wildman–Crippen MR) is 109 cm³/mol. The molecule has 0 fully saturated rings. The molecule has 1 aliphatic rings. The maximum absolute atomic E-state index is 13.0. The number of ether oxygens (including phenoxy) is 2. The van der Waals surface area contributed by atoms with Crippen LogP contribution >= 0.6 is 15.9 Å². The first-order chi connectivity index (χ1) is 12.4. The van der Waals surface area contributed by atoms with Crippen LogP contribution in [0.25, 0.3) is 0 Å². The van der Waals surface area contributed by atoms with Crippen LogP contribution in [0.5, 0.6) is 5.75 Å². The van der Waals surface area contributed by atoms with E-state index in [9.17, 15) is 4.79 Å². The van der Waals surface area contributed by atoms with Gasteiger partial charge in [-0.2, -0.15) is 0 Å². The summed E-state index contributed by atoms with van der Waals surface area (Å²) in [7, 11) is 1.64. The molecule has 2 rings (SSSR count). The van der Waals surface area contributed by atoms with E-state index in [1.165, 1.54) is 5.57 Å². The third-order valence-electron chi connectivity index (χ3n) is 4.97. The van der Waals surface area contributed by atoms with Crippen molar-refractivity contribution in [3.05, 3.63) is 66.0 Å². The van der Waals surface area contributed by atoms with Gasteiger partial charge in [-0.25, -0.2) is 0 Å². The quantitative estimate of drug-likeness (QED) is 0.386. The number of rotatable bonds is 9. The fraction of sp³-hybridized carbons (Fsp3) is 0.409. The minimum Gasteiger partial charge on any atom is -0.497 e. The number of carbonyl (C=O) groups excluding carboxylic acids is 1. The molecule has 1 aromatic rings. The summed E-state index contributed by atoms with van der Waals surface area (Å²) in [6, 6.07) is 7.67. The predicted octanol–water partition coefficient (Wildman–Crippen LogP) is 5.61.